The Kier molecular flexibility index (Phi) is 3.62. The maximum absolute atomic E-state index is 11.8. The predicted molar refractivity (Wildman–Crippen MR) is 68.4 cm³/mol. The second-order valence-corrected chi connectivity index (χ2v) is 4.04. The van der Waals surface area contributed by atoms with Gasteiger partial charge in [-0.25, -0.2) is 0 Å². The number of carbonyl (C=O) groups is 1. The first-order chi connectivity index (χ1) is 8.66. The Morgan fingerprint density at radius 1 is 1.28 bits per heavy atom. The Labute approximate surface area is 105 Å². The number of amides is 1. The Hall–Kier alpha value is -2.30. The lowest BCUT2D eigenvalue weighted by Gasteiger charge is -2.06. The van der Waals surface area contributed by atoms with Gasteiger partial charge < -0.3 is 14.5 Å². The summed E-state index contributed by atoms with van der Waals surface area (Å²) in [6.07, 6.45) is 5.46. The molecule has 1 N–H and O–H groups in total. The molecular weight excluding hydrogens is 230 g/mol. The van der Waals surface area contributed by atoms with E-state index in [1.54, 1.807) is 19.3 Å². The zero-order chi connectivity index (χ0) is 13.0. The second-order valence-electron chi connectivity index (χ2n) is 4.04. The van der Waals surface area contributed by atoms with E-state index in [9.17, 15) is 9.59 Å². The molecule has 94 valence electrons. The third kappa shape index (κ3) is 2.88. The first kappa shape index (κ1) is 12.2. The van der Waals surface area contributed by atoms with Gasteiger partial charge >= 0.3 is 0 Å². The highest BCUT2D eigenvalue weighted by Crippen LogP contribution is 1.94. The van der Waals surface area contributed by atoms with E-state index in [-0.39, 0.29) is 11.5 Å². The molecule has 0 radical (unpaired) electrons. The van der Waals surface area contributed by atoms with Gasteiger partial charge in [0.1, 0.15) is 0 Å². The highest BCUT2D eigenvalue weighted by Gasteiger charge is 2.05. The normalized spacial score (nSPS) is 10.3. The summed E-state index contributed by atoms with van der Waals surface area (Å²) in [5, 5.41) is 2.78. The lowest BCUT2D eigenvalue weighted by Crippen LogP contribution is -2.28. The fourth-order valence-corrected chi connectivity index (χ4v) is 1.61. The molecule has 18 heavy (non-hydrogen) atoms. The van der Waals surface area contributed by atoms with Crippen molar-refractivity contribution in [1.82, 2.24) is 14.5 Å². The van der Waals surface area contributed by atoms with Crippen LogP contribution in [0, 0.1) is 0 Å². The number of pyridine rings is 1. The second kappa shape index (κ2) is 5.35. The molecule has 0 spiro atoms. The quantitative estimate of drug-likeness (QED) is 0.858. The zero-order valence-electron chi connectivity index (χ0n) is 10.2. The van der Waals surface area contributed by atoms with E-state index >= 15 is 0 Å². The first-order valence-corrected chi connectivity index (χ1v) is 5.72. The molecule has 0 fully saturated rings. The van der Waals surface area contributed by atoms with Crippen LogP contribution in [-0.2, 0) is 13.6 Å². The Bertz CT molecular complexity index is 585. The van der Waals surface area contributed by atoms with Crippen molar-refractivity contribution < 1.29 is 4.79 Å². The van der Waals surface area contributed by atoms with E-state index < -0.39 is 0 Å². The SMILES string of the molecule is Cn1ccc(C(=O)NCCn2cccc2)cc1=O. The Morgan fingerprint density at radius 2 is 2.00 bits per heavy atom. The van der Waals surface area contributed by atoms with Crippen LogP contribution in [0.25, 0.3) is 0 Å². The molecule has 0 saturated heterocycles. The molecule has 2 rings (SSSR count). The van der Waals surface area contributed by atoms with Crippen LogP contribution in [0.5, 0.6) is 0 Å². The van der Waals surface area contributed by atoms with Gasteiger partial charge in [-0.1, -0.05) is 0 Å². The summed E-state index contributed by atoms with van der Waals surface area (Å²) in [4.78, 5) is 23.2. The number of hydrogen-bond donors (Lipinski definition) is 1. The molecule has 2 heterocycles. The minimum Gasteiger partial charge on any atom is -0.353 e. The summed E-state index contributed by atoms with van der Waals surface area (Å²) >= 11 is 0. The number of rotatable bonds is 4. The largest absolute Gasteiger partial charge is 0.353 e. The van der Waals surface area contributed by atoms with Gasteiger partial charge in [0, 0.05) is 50.4 Å². The summed E-state index contributed by atoms with van der Waals surface area (Å²) in [5.41, 5.74) is 0.207. The standard InChI is InChI=1S/C13H15N3O2/c1-15-8-4-11(10-12(15)17)13(18)14-5-9-16-6-2-3-7-16/h2-4,6-8,10H,5,9H2,1H3,(H,14,18). The third-order valence-electron chi connectivity index (χ3n) is 2.69. The Balaban J connectivity index is 1.91. The van der Waals surface area contributed by atoms with Gasteiger partial charge in [-0.15, -0.1) is 0 Å². The van der Waals surface area contributed by atoms with Crippen molar-refractivity contribution in [2.24, 2.45) is 7.05 Å². The fraction of sp³-hybridized carbons (Fsp3) is 0.231. The summed E-state index contributed by atoms with van der Waals surface area (Å²) in [7, 11) is 1.65. The van der Waals surface area contributed by atoms with Crippen LogP contribution < -0.4 is 10.9 Å². The minimum atomic E-state index is -0.222. The van der Waals surface area contributed by atoms with Crippen molar-refractivity contribution in [3.63, 3.8) is 0 Å². The molecule has 0 atom stereocenters. The van der Waals surface area contributed by atoms with Crippen LogP contribution in [0.1, 0.15) is 10.4 Å². The average molecular weight is 245 g/mol. The molecule has 2 aromatic rings. The first-order valence-electron chi connectivity index (χ1n) is 5.72. The number of aryl methyl sites for hydroxylation is 1. The van der Waals surface area contributed by atoms with E-state index in [1.807, 2.05) is 29.1 Å². The minimum absolute atomic E-state index is 0.187. The van der Waals surface area contributed by atoms with Crippen molar-refractivity contribution in [2.75, 3.05) is 6.54 Å². The topological polar surface area (TPSA) is 56.0 Å². The molecular formula is C13H15N3O2. The van der Waals surface area contributed by atoms with Gasteiger partial charge in [-0.2, -0.15) is 0 Å². The highest BCUT2D eigenvalue weighted by molar-refractivity contribution is 5.93. The van der Waals surface area contributed by atoms with Gasteiger partial charge in [0.05, 0.1) is 0 Å². The molecule has 1 amide bonds. The van der Waals surface area contributed by atoms with E-state index in [4.69, 9.17) is 0 Å². The molecule has 0 unspecified atom stereocenters. The number of nitrogens with zero attached hydrogens (tertiary/aromatic N) is 2. The maximum Gasteiger partial charge on any atom is 0.251 e. The molecule has 5 heteroatoms. The van der Waals surface area contributed by atoms with Gasteiger partial charge in [0.2, 0.25) is 0 Å². The predicted octanol–water partition coefficient (Wildman–Crippen LogP) is 0.617. The van der Waals surface area contributed by atoms with Crippen LogP contribution in [0.15, 0.2) is 47.7 Å². The maximum atomic E-state index is 11.8. The summed E-state index contributed by atoms with van der Waals surface area (Å²) in [6.45, 7) is 1.24. The van der Waals surface area contributed by atoms with E-state index in [0.717, 1.165) is 0 Å². The summed E-state index contributed by atoms with van der Waals surface area (Å²) in [5.74, 6) is -0.222. The van der Waals surface area contributed by atoms with Crippen molar-refractivity contribution in [3.05, 3.63) is 58.8 Å². The van der Waals surface area contributed by atoms with Crippen molar-refractivity contribution in [1.29, 1.82) is 0 Å². The number of carbonyl (C=O) groups excluding carboxylic acids is 1. The molecule has 2 aromatic heterocycles. The summed E-state index contributed by atoms with van der Waals surface area (Å²) in [6, 6.07) is 6.84. The van der Waals surface area contributed by atoms with Crippen molar-refractivity contribution in [3.8, 4) is 0 Å². The third-order valence-corrected chi connectivity index (χ3v) is 2.69. The lowest BCUT2D eigenvalue weighted by molar-refractivity contribution is 0.0952. The number of aromatic nitrogens is 2. The summed E-state index contributed by atoms with van der Waals surface area (Å²) < 4.78 is 3.40. The van der Waals surface area contributed by atoms with Crippen LogP contribution >= 0.6 is 0 Å². The van der Waals surface area contributed by atoms with E-state index in [0.29, 0.717) is 18.7 Å². The van der Waals surface area contributed by atoms with Crippen LogP contribution in [0.4, 0.5) is 0 Å². The van der Waals surface area contributed by atoms with Crippen LogP contribution in [0.3, 0.4) is 0 Å². The Morgan fingerprint density at radius 3 is 2.67 bits per heavy atom. The molecule has 0 aliphatic rings. The highest BCUT2D eigenvalue weighted by atomic mass is 16.2. The molecule has 0 aliphatic carbocycles. The number of nitrogens with one attached hydrogen (secondary N) is 1. The van der Waals surface area contributed by atoms with Crippen molar-refractivity contribution >= 4 is 5.91 Å². The average Bonchev–Trinajstić information content (AvgIpc) is 2.85. The molecule has 5 nitrogen and oxygen atoms in total. The molecule has 0 aromatic carbocycles. The monoisotopic (exact) mass is 245 g/mol. The van der Waals surface area contributed by atoms with Gasteiger partial charge in [-0.3, -0.25) is 9.59 Å². The zero-order valence-corrected chi connectivity index (χ0v) is 10.2. The van der Waals surface area contributed by atoms with Crippen LogP contribution in [0.2, 0.25) is 0 Å². The fourth-order valence-electron chi connectivity index (χ4n) is 1.61. The molecule has 0 aliphatic heterocycles. The van der Waals surface area contributed by atoms with E-state index in [2.05, 4.69) is 5.32 Å². The van der Waals surface area contributed by atoms with Crippen molar-refractivity contribution in [2.45, 2.75) is 6.54 Å². The molecule has 0 saturated carbocycles. The van der Waals surface area contributed by atoms with Crippen LogP contribution in [-0.4, -0.2) is 21.6 Å². The molecule has 0 bridgehead atoms. The van der Waals surface area contributed by atoms with Gasteiger partial charge in [0.25, 0.3) is 11.5 Å². The van der Waals surface area contributed by atoms with Gasteiger partial charge in [0.15, 0.2) is 0 Å². The van der Waals surface area contributed by atoms with Gasteiger partial charge in [-0.05, 0) is 18.2 Å². The van der Waals surface area contributed by atoms with E-state index in [1.165, 1.54) is 10.6 Å². The number of hydrogen-bond acceptors (Lipinski definition) is 2. The smallest absolute Gasteiger partial charge is 0.251 e. The lowest BCUT2D eigenvalue weighted by atomic mass is 10.2.